The predicted molar refractivity (Wildman–Crippen MR) is 15.0 cm³/mol. The Hall–Kier alpha value is -0.0100. The van der Waals surface area contributed by atoms with Crippen molar-refractivity contribution in [3.8, 4) is 0 Å². The highest BCUT2D eigenvalue weighted by atomic mass is 32.2. The third-order valence-electron chi connectivity index (χ3n) is 0. The summed E-state index contributed by atoms with van der Waals surface area (Å²) in [5.41, 5.74) is 0. The molecule has 0 aromatic heterocycles. The van der Waals surface area contributed by atoms with Gasteiger partial charge in [-0.05, 0) is 0 Å². The van der Waals surface area contributed by atoms with Crippen LogP contribution in [0.25, 0.3) is 0 Å². The molecule has 0 spiro atoms. The molecule has 0 radical (unpaired) electrons. The van der Waals surface area contributed by atoms with E-state index in [-0.39, 0.29) is 0 Å². The molecule has 0 heterocycles. The largest absolute Gasteiger partial charge is 0.784 e. The lowest BCUT2D eigenvalue weighted by Crippen LogP contribution is -1.76. The van der Waals surface area contributed by atoms with E-state index in [1.807, 2.05) is 0 Å². The van der Waals surface area contributed by atoms with Crippen molar-refractivity contribution in [2.24, 2.45) is 0 Å². The van der Waals surface area contributed by atoms with E-state index in [4.69, 9.17) is 23.8 Å². The standard InChI is InChI=1S/H2O3S.H2O2/c1-4(2)3;1-2/h(H2,1,2,3);1-2H/p-2. The van der Waals surface area contributed by atoms with Crippen molar-refractivity contribution in [1.29, 1.82) is 0 Å². The topological polar surface area (TPSA) is 104 Å². The molecule has 0 fully saturated rings. The Kier molecular flexibility index (Phi) is 13.9. The van der Waals surface area contributed by atoms with Crippen LogP contribution in [0.4, 0.5) is 0 Å². The number of rotatable bonds is 0. The first kappa shape index (κ1) is 9.37. The maximum atomic E-state index is 8.44. The molecule has 0 bridgehead atoms. The normalized spacial score (nSPS) is 6.83. The molecule has 2 N–H and O–H groups in total. The maximum Gasteiger partial charge on any atom is -0.142 e. The van der Waals surface area contributed by atoms with Crippen molar-refractivity contribution in [2.45, 2.75) is 0 Å². The summed E-state index contributed by atoms with van der Waals surface area (Å²) in [4.78, 5) is 0. The minimum absolute atomic E-state index is 3.11. The van der Waals surface area contributed by atoms with Crippen LogP contribution in [-0.2, 0) is 11.4 Å². The van der Waals surface area contributed by atoms with Crippen molar-refractivity contribution in [3.05, 3.63) is 0 Å². The predicted octanol–water partition coefficient (Wildman–Crippen LogP) is -0.987. The number of hydrogen-bond acceptors (Lipinski definition) is 5. The van der Waals surface area contributed by atoms with Crippen LogP contribution < -0.4 is 0 Å². The smallest absolute Gasteiger partial charge is 0.142 e. The van der Waals surface area contributed by atoms with Crippen molar-refractivity contribution < 1.29 is 23.8 Å². The molecule has 5 nitrogen and oxygen atoms in total. The average molecular weight is 114 g/mol. The first-order chi connectivity index (χ1) is 2.73. The van der Waals surface area contributed by atoms with E-state index in [2.05, 4.69) is 0 Å². The Bertz CT molecular complexity index is 26.9. The van der Waals surface area contributed by atoms with Gasteiger partial charge in [0.2, 0.25) is 0 Å². The SMILES string of the molecule is O=S([O-])[O-].OO. The minimum Gasteiger partial charge on any atom is -0.784 e. The molecule has 0 aromatic rings. The fraction of sp³-hybridized carbons (Fsp3) is 0. The van der Waals surface area contributed by atoms with E-state index in [0.717, 1.165) is 0 Å². The van der Waals surface area contributed by atoms with Gasteiger partial charge in [-0.15, -0.1) is 11.4 Å². The summed E-state index contributed by atoms with van der Waals surface area (Å²) in [6.07, 6.45) is 0. The highest BCUT2D eigenvalue weighted by molar-refractivity contribution is 7.72. The quantitative estimate of drug-likeness (QED) is 0.239. The van der Waals surface area contributed by atoms with E-state index < -0.39 is 11.4 Å². The summed E-state index contributed by atoms with van der Waals surface area (Å²) in [6.45, 7) is 0. The van der Waals surface area contributed by atoms with Crippen molar-refractivity contribution in [1.82, 2.24) is 0 Å². The lowest BCUT2D eigenvalue weighted by atomic mass is 15.0. The van der Waals surface area contributed by atoms with Crippen LogP contribution >= 0.6 is 0 Å². The van der Waals surface area contributed by atoms with Gasteiger partial charge in [0.1, 0.15) is 0 Å². The van der Waals surface area contributed by atoms with Gasteiger partial charge in [-0.2, -0.15) is 0 Å². The van der Waals surface area contributed by atoms with Crippen LogP contribution in [0.1, 0.15) is 0 Å². The van der Waals surface area contributed by atoms with Crippen LogP contribution in [0.2, 0.25) is 0 Å². The first-order valence-electron chi connectivity index (χ1n) is 0.700. The monoisotopic (exact) mass is 114 g/mol. The van der Waals surface area contributed by atoms with E-state index in [0.29, 0.717) is 0 Å². The third-order valence-corrected chi connectivity index (χ3v) is 0. The van der Waals surface area contributed by atoms with Gasteiger partial charge in [0.05, 0.1) is 0 Å². The third kappa shape index (κ3) is 357000. The summed E-state index contributed by atoms with van der Waals surface area (Å²) in [6, 6.07) is 0. The van der Waals surface area contributed by atoms with Crippen molar-refractivity contribution in [2.75, 3.05) is 0 Å². The zero-order valence-corrected chi connectivity index (χ0v) is 3.34. The van der Waals surface area contributed by atoms with Crippen molar-refractivity contribution in [3.63, 3.8) is 0 Å². The molecule has 0 aliphatic rings. The zero-order valence-electron chi connectivity index (χ0n) is 2.53. The van der Waals surface area contributed by atoms with E-state index in [1.54, 1.807) is 0 Å². The minimum atomic E-state index is -3.11. The summed E-state index contributed by atoms with van der Waals surface area (Å²) in [5.74, 6) is 0. The Morgan fingerprint density at radius 3 is 1.33 bits per heavy atom. The van der Waals surface area contributed by atoms with E-state index in [1.165, 1.54) is 0 Å². The lowest BCUT2D eigenvalue weighted by molar-refractivity contribution is -0.176. The molecule has 40 valence electrons. The molecule has 0 aliphatic carbocycles. The summed E-state index contributed by atoms with van der Waals surface area (Å²) in [7, 11) is 0. The van der Waals surface area contributed by atoms with Crippen LogP contribution in [0.5, 0.6) is 0 Å². The average Bonchev–Trinajstić information content (AvgIpc) is 1.41. The molecule has 0 saturated heterocycles. The first-order valence-corrected chi connectivity index (χ1v) is 1.70. The molecular formula is H2O5S-2. The van der Waals surface area contributed by atoms with Crippen LogP contribution in [0.15, 0.2) is 0 Å². The Morgan fingerprint density at radius 1 is 1.33 bits per heavy atom. The van der Waals surface area contributed by atoms with E-state index >= 15 is 0 Å². The Balaban J connectivity index is 0. The summed E-state index contributed by atoms with van der Waals surface area (Å²) >= 11 is -3.11. The summed E-state index contributed by atoms with van der Waals surface area (Å²) < 4.78 is 25.3. The molecule has 0 rings (SSSR count). The highest BCUT2D eigenvalue weighted by Crippen LogP contribution is 1.42. The molecule has 0 aliphatic heterocycles. The van der Waals surface area contributed by atoms with Crippen LogP contribution in [0.3, 0.4) is 0 Å². The fourth-order valence-corrected chi connectivity index (χ4v) is 0. The Labute approximate surface area is 36.3 Å². The molecule has 0 aromatic carbocycles. The fourth-order valence-electron chi connectivity index (χ4n) is 0. The molecule has 0 atom stereocenters. The van der Waals surface area contributed by atoms with E-state index in [9.17, 15) is 0 Å². The van der Waals surface area contributed by atoms with Gasteiger partial charge in [0.25, 0.3) is 0 Å². The second-order valence-electron chi connectivity index (χ2n) is 0.204. The van der Waals surface area contributed by atoms with Gasteiger partial charge in [-0.25, -0.2) is 0 Å². The van der Waals surface area contributed by atoms with Gasteiger partial charge in [-0.1, -0.05) is 0 Å². The molecule has 6 heteroatoms. The Morgan fingerprint density at radius 2 is 1.33 bits per heavy atom. The highest BCUT2D eigenvalue weighted by Gasteiger charge is 1.20. The second kappa shape index (κ2) is 8.89. The van der Waals surface area contributed by atoms with Crippen molar-refractivity contribution >= 4 is 11.4 Å². The number of hydrogen-bond donors (Lipinski definition) is 2. The van der Waals surface area contributed by atoms with Gasteiger partial charge < -0.3 is 9.11 Å². The molecule has 0 amide bonds. The molecule has 0 unspecified atom stereocenters. The summed E-state index contributed by atoms with van der Waals surface area (Å²) in [5, 5.41) is 12.0. The molecule has 0 saturated carbocycles. The molecule has 6 heavy (non-hydrogen) atoms. The van der Waals surface area contributed by atoms with Crippen LogP contribution in [-0.4, -0.2) is 23.8 Å². The van der Waals surface area contributed by atoms with Gasteiger partial charge in [0, 0.05) is 0 Å². The van der Waals surface area contributed by atoms with Crippen LogP contribution in [0, 0.1) is 0 Å². The molecular weight excluding hydrogens is 112 g/mol. The maximum absolute atomic E-state index is 8.44. The van der Waals surface area contributed by atoms with Gasteiger partial charge in [0.15, 0.2) is 0 Å². The second-order valence-corrected chi connectivity index (χ2v) is 0.612. The van der Waals surface area contributed by atoms with Gasteiger partial charge in [-0.3, -0.25) is 14.7 Å². The zero-order chi connectivity index (χ0) is 5.58. The lowest BCUT2D eigenvalue weighted by Gasteiger charge is -2.03. The van der Waals surface area contributed by atoms with Gasteiger partial charge >= 0.3 is 0 Å².